The van der Waals surface area contributed by atoms with E-state index in [9.17, 15) is 9.59 Å². The topological polar surface area (TPSA) is 94.0 Å². The smallest absolute Gasteiger partial charge is 0.315 e. The SMILES string of the molecule is N#CCCNC(=O)C(Cc1ccc2ccccc2c1)NC(=O)NC1CCCCC1. The molecule has 3 amide bonds. The molecule has 0 spiro atoms. The lowest BCUT2D eigenvalue weighted by Crippen LogP contribution is -2.53. The van der Waals surface area contributed by atoms with Gasteiger partial charge in [-0.15, -0.1) is 0 Å². The van der Waals surface area contributed by atoms with E-state index in [0.29, 0.717) is 6.42 Å². The number of urea groups is 1. The second kappa shape index (κ2) is 10.5. The van der Waals surface area contributed by atoms with Crippen molar-refractivity contribution in [1.82, 2.24) is 16.0 Å². The average molecular weight is 393 g/mol. The summed E-state index contributed by atoms with van der Waals surface area (Å²) < 4.78 is 0. The summed E-state index contributed by atoms with van der Waals surface area (Å²) in [7, 11) is 0. The second-order valence-electron chi connectivity index (χ2n) is 7.59. The summed E-state index contributed by atoms with van der Waals surface area (Å²) in [4.78, 5) is 25.2. The van der Waals surface area contributed by atoms with Crippen molar-refractivity contribution in [2.45, 2.75) is 57.0 Å². The summed E-state index contributed by atoms with van der Waals surface area (Å²) >= 11 is 0. The Labute approximate surface area is 171 Å². The van der Waals surface area contributed by atoms with E-state index in [1.54, 1.807) is 0 Å². The molecule has 2 aromatic rings. The van der Waals surface area contributed by atoms with Gasteiger partial charge in [0.15, 0.2) is 0 Å². The predicted molar refractivity (Wildman–Crippen MR) is 113 cm³/mol. The maximum atomic E-state index is 12.7. The van der Waals surface area contributed by atoms with E-state index >= 15 is 0 Å². The number of amides is 3. The quantitative estimate of drug-likeness (QED) is 0.630. The van der Waals surface area contributed by atoms with Crippen LogP contribution in [0, 0.1) is 11.3 Å². The lowest BCUT2D eigenvalue weighted by atomic mass is 9.96. The van der Waals surface area contributed by atoms with E-state index < -0.39 is 6.04 Å². The highest BCUT2D eigenvalue weighted by atomic mass is 16.2. The minimum atomic E-state index is -0.696. The lowest BCUT2D eigenvalue weighted by molar-refractivity contribution is -0.122. The Bertz CT molecular complexity index is 884. The molecule has 6 nitrogen and oxygen atoms in total. The molecule has 1 saturated carbocycles. The standard InChI is InChI=1S/C23H28N4O2/c24-13-6-14-25-22(28)21(27-23(29)26-20-9-2-1-3-10-20)16-17-11-12-18-7-4-5-8-19(18)15-17/h4-5,7-8,11-12,15,20-21H,1-3,6,9-10,14,16H2,(H,25,28)(H2,26,27,29). The van der Waals surface area contributed by atoms with Gasteiger partial charge in [0.05, 0.1) is 12.5 Å². The molecule has 1 aliphatic rings. The summed E-state index contributed by atoms with van der Waals surface area (Å²) in [6.07, 6.45) is 6.06. The molecule has 6 heteroatoms. The zero-order valence-electron chi connectivity index (χ0n) is 16.6. The maximum Gasteiger partial charge on any atom is 0.315 e. The van der Waals surface area contributed by atoms with Gasteiger partial charge in [0, 0.05) is 19.0 Å². The minimum Gasteiger partial charge on any atom is -0.353 e. The number of fused-ring (bicyclic) bond motifs is 1. The zero-order chi connectivity index (χ0) is 20.5. The molecule has 0 saturated heterocycles. The predicted octanol–water partition coefficient (Wildman–Crippen LogP) is 3.41. The van der Waals surface area contributed by atoms with Crippen LogP contribution in [0.2, 0.25) is 0 Å². The van der Waals surface area contributed by atoms with E-state index in [4.69, 9.17) is 5.26 Å². The molecule has 1 fully saturated rings. The number of rotatable bonds is 7. The van der Waals surface area contributed by atoms with Crippen molar-refractivity contribution in [3.05, 3.63) is 48.0 Å². The summed E-state index contributed by atoms with van der Waals surface area (Å²) in [5.41, 5.74) is 0.974. The summed E-state index contributed by atoms with van der Waals surface area (Å²) in [5.74, 6) is -0.271. The molecule has 1 atom stereocenters. The van der Waals surface area contributed by atoms with E-state index in [0.717, 1.165) is 42.0 Å². The number of nitrogens with one attached hydrogen (secondary N) is 3. The largest absolute Gasteiger partial charge is 0.353 e. The van der Waals surface area contributed by atoms with E-state index in [1.165, 1.54) is 6.42 Å². The van der Waals surface area contributed by atoms with Crippen LogP contribution in [0.3, 0.4) is 0 Å². The third-order valence-electron chi connectivity index (χ3n) is 5.35. The van der Waals surface area contributed by atoms with Gasteiger partial charge in [-0.1, -0.05) is 61.7 Å². The Morgan fingerprint density at radius 3 is 2.59 bits per heavy atom. The van der Waals surface area contributed by atoms with E-state index in [-0.39, 0.29) is 30.9 Å². The molecular formula is C23H28N4O2. The number of carbonyl (C=O) groups excluding carboxylic acids is 2. The fourth-order valence-corrected chi connectivity index (χ4v) is 3.81. The highest BCUT2D eigenvalue weighted by Gasteiger charge is 2.23. The molecule has 29 heavy (non-hydrogen) atoms. The number of carbonyl (C=O) groups is 2. The van der Waals surface area contributed by atoms with Crippen LogP contribution in [0.5, 0.6) is 0 Å². The summed E-state index contributed by atoms with van der Waals surface area (Å²) in [5, 5.41) is 19.5. The molecule has 0 radical (unpaired) electrons. The van der Waals surface area contributed by atoms with Crippen LogP contribution in [0.25, 0.3) is 10.8 Å². The van der Waals surface area contributed by atoms with Crippen molar-refractivity contribution < 1.29 is 9.59 Å². The highest BCUT2D eigenvalue weighted by Crippen LogP contribution is 2.18. The number of benzene rings is 2. The Balaban J connectivity index is 1.68. The van der Waals surface area contributed by atoms with Gasteiger partial charge in [-0.05, 0) is 29.2 Å². The number of nitrogens with zero attached hydrogens (tertiary/aromatic N) is 1. The maximum absolute atomic E-state index is 12.7. The Kier molecular flexibility index (Phi) is 7.46. The molecule has 3 rings (SSSR count). The number of hydrogen-bond donors (Lipinski definition) is 3. The first-order chi connectivity index (χ1) is 14.2. The molecular weight excluding hydrogens is 364 g/mol. The monoisotopic (exact) mass is 392 g/mol. The average Bonchev–Trinajstić information content (AvgIpc) is 2.74. The van der Waals surface area contributed by atoms with Gasteiger partial charge in [-0.25, -0.2) is 4.79 Å². The van der Waals surface area contributed by atoms with Gasteiger partial charge in [0.1, 0.15) is 6.04 Å². The van der Waals surface area contributed by atoms with Crippen LogP contribution in [-0.4, -0.2) is 30.6 Å². The van der Waals surface area contributed by atoms with Gasteiger partial charge in [-0.3, -0.25) is 4.79 Å². The second-order valence-corrected chi connectivity index (χ2v) is 7.59. The van der Waals surface area contributed by atoms with Crippen LogP contribution in [0.15, 0.2) is 42.5 Å². The molecule has 1 unspecified atom stereocenters. The summed E-state index contributed by atoms with van der Waals surface area (Å²) in [6, 6.07) is 15.3. The van der Waals surface area contributed by atoms with E-state index in [2.05, 4.69) is 16.0 Å². The van der Waals surface area contributed by atoms with Gasteiger partial charge in [0.2, 0.25) is 5.91 Å². The van der Waals surface area contributed by atoms with Gasteiger partial charge in [-0.2, -0.15) is 5.26 Å². The molecule has 152 valence electrons. The van der Waals surface area contributed by atoms with Crippen LogP contribution >= 0.6 is 0 Å². The fraction of sp³-hybridized carbons (Fsp3) is 0.435. The van der Waals surface area contributed by atoms with Crippen molar-refractivity contribution in [1.29, 1.82) is 5.26 Å². The lowest BCUT2D eigenvalue weighted by Gasteiger charge is -2.25. The molecule has 0 bridgehead atoms. The first kappa shape index (κ1) is 20.7. The molecule has 3 N–H and O–H groups in total. The number of hydrogen-bond acceptors (Lipinski definition) is 3. The third-order valence-corrected chi connectivity index (χ3v) is 5.35. The molecule has 2 aromatic carbocycles. The zero-order valence-corrected chi connectivity index (χ0v) is 16.6. The molecule has 0 heterocycles. The Hall–Kier alpha value is -3.07. The first-order valence-electron chi connectivity index (χ1n) is 10.3. The highest BCUT2D eigenvalue weighted by molar-refractivity contribution is 5.88. The van der Waals surface area contributed by atoms with Gasteiger partial charge >= 0.3 is 6.03 Å². The molecule has 0 aromatic heterocycles. The van der Waals surface area contributed by atoms with Gasteiger partial charge < -0.3 is 16.0 Å². The van der Waals surface area contributed by atoms with Crippen molar-refractivity contribution in [2.24, 2.45) is 0 Å². The third kappa shape index (κ3) is 6.21. The van der Waals surface area contributed by atoms with Crippen molar-refractivity contribution >= 4 is 22.7 Å². The van der Waals surface area contributed by atoms with Gasteiger partial charge in [0.25, 0.3) is 0 Å². The summed E-state index contributed by atoms with van der Waals surface area (Å²) in [6.45, 7) is 0.273. The van der Waals surface area contributed by atoms with Crippen LogP contribution in [0.4, 0.5) is 4.79 Å². The van der Waals surface area contributed by atoms with Crippen molar-refractivity contribution in [3.63, 3.8) is 0 Å². The first-order valence-corrected chi connectivity index (χ1v) is 10.3. The van der Waals surface area contributed by atoms with Crippen LogP contribution in [-0.2, 0) is 11.2 Å². The van der Waals surface area contributed by atoms with E-state index in [1.807, 2.05) is 48.5 Å². The Morgan fingerprint density at radius 2 is 1.83 bits per heavy atom. The molecule has 1 aliphatic carbocycles. The normalized spacial score (nSPS) is 15.3. The minimum absolute atomic E-state index is 0.173. The molecule has 0 aliphatic heterocycles. The fourth-order valence-electron chi connectivity index (χ4n) is 3.81. The van der Waals surface area contributed by atoms with Crippen LogP contribution in [0.1, 0.15) is 44.1 Å². The number of nitriles is 1. The van der Waals surface area contributed by atoms with Crippen LogP contribution < -0.4 is 16.0 Å². The Morgan fingerprint density at radius 1 is 1.07 bits per heavy atom. The van der Waals surface area contributed by atoms with Crippen molar-refractivity contribution in [2.75, 3.05) is 6.54 Å². The van der Waals surface area contributed by atoms with Crippen molar-refractivity contribution in [3.8, 4) is 6.07 Å².